The van der Waals surface area contributed by atoms with Gasteiger partial charge in [-0.3, -0.25) is 4.79 Å². The second-order valence-corrected chi connectivity index (χ2v) is 15.3. The van der Waals surface area contributed by atoms with Crippen molar-refractivity contribution in [3.05, 3.63) is 11.6 Å². The number of esters is 1. The number of hydrogen-bond acceptors (Lipinski definition) is 8. The van der Waals surface area contributed by atoms with E-state index in [-0.39, 0.29) is 16.9 Å². The zero-order valence-electron chi connectivity index (χ0n) is 25.8. The van der Waals surface area contributed by atoms with E-state index in [0.29, 0.717) is 41.9 Å². The molecule has 43 heavy (non-hydrogen) atoms. The van der Waals surface area contributed by atoms with Gasteiger partial charge in [0.15, 0.2) is 11.9 Å². The molecule has 0 radical (unpaired) electrons. The fourth-order valence-corrected chi connectivity index (χ4v) is 10.7. The molecule has 0 amide bonds. The Bertz CT molecular complexity index is 1190. The van der Waals surface area contributed by atoms with E-state index in [0.717, 1.165) is 51.6 Å². The Morgan fingerprint density at radius 1 is 1.07 bits per heavy atom. The third kappa shape index (κ3) is 4.69. The Morgan fingerprint density at radius 3 is 2.47 bits per heavy atom. The van der Waals surface area contributed by atoms with E-state index in [2.05, 4.69) is 27.7 Å². The van der Waals surface area contributed by atoms with Crippen LogP contribution in [0.3, 0.4) is 0 Å². The predicted octanol–water partition coefficient (Wildman–Crippen LogP) is 3.92. The van der Waals surface area contributed by atoms with Crippen LogP contribution in [0.25, 0.3) is 0 Å². The highest BCUT2D eigenvalue weighted by atomic mass is 16.7. The average Bonchev–Trinajstić information content (AvgIpc) is 3.39. The maximum absolute atomic E-state index is 12.6. The number of carbonyl (C=O) groups excluding carboxylic acids is 1. The number of rotatable bonds is 6. The molecule has 2 saturated heterocycles. The third-order valence-corrected chi connectivity index (χ3v) is 13.1. The largest absolute Gasteiger partial charge is 0.479 e. The number of carboxylic acid groups (broad SMARTS) is 2. The van der Waals surface area contributed by atoms with E-state index in [9.17, 15) is 29.7 Å². The molecule has 2 aliphatic heterocycles. The molecule has 10 heteroatoms. The van der Waals surface area contributed by atoms with Crippen LogP contribution in [0.4, 0.5) is 0 Å². The molecule has 5 fully saturated rings. The number of aliphatic hydroxyl groups excluding tert-OH is 1. The standard InChI is InChI=1S/C33H48O10/c1-17-7-12-33(41-16-17)18(2)26-24(43-33)14-23-21-6-5-19-13-20(8-10-30(19,3)22(21)9-11-31(23,26)4)42-25(34)15-32(40,29(38)39)27(35)28(36)37/h13,17-18,20-24,26-27,35,40H,5-12,14-16H2,1-4H3,(H,36,37)(H,38,39)/t17-,18+,20+,21?,22?,23?,24?,26?,27?,30+,31+,32?,33-/m1/s1. The Morgan fingerprint density at radius 2 is 1.81 bits per heavy atom. The zero-order chi connectivity index (χ0) is 31.1. The molecule has 7 unspecified atom stereocenters. The molecule has 0 aromatic rings. The van der Waals surface area contributed by atoms with Crippen LogP contribution in [0.2, 0.25) is 0 Å². The first-order valence-corrected chi connectivity index (χ1v) is 16.2. The van der Waals surface area contributed by atoms with Gasteiger partial charge in [-0.25, -0.2) is 9.59 Å². The highest BCUT2D eigenvalue weighted by Crippen LogP contribution is 2.71. The molecule has 10 nitrogen and oxygen atoms in total. The van der Waals surface area contributed by atoms with Crippen LogP contribution in [-0.2, 0) is 28.6 Å². The smallest absolute Gasteiger partial charge is 0.339 e. The monoisotopic (exact) mass is 604 g/mol. The lowest BCUT2D eigenvalue weighted by atomic mass is 9.46. The van der Waals surface area contributed by atoms with Gasteiger partial charge in [0.2, 0.25) is 5.60 Å². The van der Waals surface area contributed by atoms with E-state index in [4.69, 9.17) is 19.3 Å². The lowest BCUT2D eigenvalue weighted by molar-refractivity contribution is -0.272. The Hall–Kier alpha value is -2.01. The third-order valence-electron chi connectivity index (χ3n) is 13.1. The summed E-state index contributed by atoms with van der Waals surface area (Å²) in [7, 11) is 0. The van der Waals surface area contributed by atoms with Crippen LogP contribution < -0.4 is 0 Å². The first-order chi connectivity index (χ1) is 20.1. The summed E-state index contributed by atoms with van der Waals surface area (Å²) in [6.45, 7) is 10.3. The van der Waals surface area contributed by atoms with E-state index in [1.807, 2.05) is 6.08 Å². The summed E-state index contributed by atoms with van der Waals surface area (Å²) in [5, 5.41) is 38.3. The van der Waals surface area contributed by atoms with Gasteiger partial charge in [-0.15, -0.1) is 0 Å². The molecular formula is C33H48O10. The van der Waals surface area contributed by atoms with Crippen molar-refractivity contribution in [2.75, 3.05) is 6.61 Å². The minimum Gasteiger partial charge on any atom is -0.479 e. The SMILES string of the molecule is C[C@@H]1CC[C@@]2(OC1)OC1CC3C4CCC5=C[C@@H](OC(=O)CC(O)(C(=O)O)C(O)C(=O)O)CC[C@]5(C)C4CC[C@]3(C)C1[C@@H]2C. The van der Waals surface area contributed by atoms with Crippen molar-refractivity contribution in [1.82, 2.24) is 0 Å². The average molecular weight is 605 g/mol. The van der Waals surface area contributed by atoms with E-state index in [1.54, 1.807) is 0 Å². The first-order valence-electron chi connectivity index (χ1n) is 16.2. The molecule has 6 rings (SSSR count). The molecule has 6 aliphatic rings. The first kappa shape index (κ1) is 31.0. The quantitative estimate of drug-likeness (QED) is 0.259. The molecule has 240 valence electrons. The van der Waals surface area contributed by atoms with Gasteiger partial charge in [0.25, 0.3) is 0 Å². The van der Waals surface area contributed by atoms with Crippen molar-refractivity contribution in [2.24, 2.45) is 46.3 Å². The second kappa shape index (κ2) is 10.5. The zero-order valence-corrected chi connectivity index (χ0v) is 25.8. The summed E-state index contributed by atoms with van der Waals surface area (Å²) >= 11 is 0. The van der Waals surface area contributed by atoms with Crippen LogP contribution in [0.15, 0.2) is 11.6 Å². The van der Waals surface area contributed by atoms with Gasteiger partial charge in [-0.2, -0.15) is 0 Å². The van der Waals surface area contributed by atoms with E-state index < -0.39 is 47.9 Å². The summed E-state index contributed by atoms with van der Waals surface area (Å²) in [4.78, 5) is 35.3. The van der Waals surface area contributed by atoms with E-state index in [1.165, 1.54) is 12.0 Å². The van der Waals surface area contributed by atoms with Gasteiger partial charge in [-0.1, -0.05) is 33.3 Å². The van der Waals surface area contributed by atoms with Gasteiger partial charge in [0, 0.05) is 12.3 Å². The van der Waals surface area contributed by atoms with Gasteiger partial charge in [-0.05, 0) is 97.9 Å². The normalized spacial score (nSPS) is 47.3. The number of hydrogen-bond donors (Lipinski definition) is 4. The summed E-state index contributed by atoms with van der Waals surface area (Å²) in [5.74, 6) is -2.19. The molecule has 0 aromatic heterocycles. The maximum Gasteiger partial charge on any atom is 0.339 e. The fourth-order valence-electron chi connectivity index (χ4n) is 10.7. The summed E-state index contributed by atoms with van der Waals surface area (Å²) in [6, 6.07) is 0. The van der Waals surface area contributed by atoms with Crippen molar-refractivity contribution >= 4 is 17.9 Å². The summed E-state index contributed by atoms with van der Waals surface area (Å²) < 4.78 is 18.9. The van der Waals surface area contributed by atoms with Crippen molar-refractivity contribution in [3.8, 4) is 0 Å². The number of ether oxygens (including phenoxy) is 3. The second-order valence-electron chi connectivity index (χ2n) is 15.3. The van der Waals surface area contributed by atoms with Crippen LogP contribution in [0.5, 0.6) is 0 Å². The minimum absolute atomic E-state index is 0.0114. The summed E-state index contributed by atoms with van der Waals surface area (Å²) in [6.07, 6.45) is 6.77. The predicted molar refractivity (Wildman–Crippen MR) is 152 cm³/mol. The van der Waals surface area contributed by atoms with Crippen molar-refractivity contribution in [2.45, 2.75) is 122 Å². The molecular weight excluding hydrogens is 556 g/mol. The van der Waals surface area contributed by atoms with Gasteiger partial charge in [0.05, 0.1) is 19.1 Å². The van der Waals surface area contributed by atoms with Crippen LogP contribution >= 0.6 is 0 Å². The summed E-state index contributed by atoms with van der Waals surface area (Å²) in [5.41, 5.74) is -1.68. The molecule has 4 aliphatic carbocycles. The molecule has 13 atom stereocenters. The fraction of sp³-hybridized carbons (Fsp3) is 0.848. The lowest BCUT2D eigenvalue weighted by Gasteiger charge is -2.59. The molecule has 1 spiro atoms. The van der Waals surface area contributed by atoms with Crippen molar-refractivity contribution in [3.63, 3.8) is 0 Å². The van der Waals surface area contributed by atoms with Crippen molar-refractivity contribution < 1.29 is 49.0 Å². The Balaban J connectivity index is 1.14. The number of aliphatic hydroxyl groups is 2. The number of carboxylic acids is 2. The number of fused-ring (bicyclic) bond motifs is 7. The Kier molecular flexibility index (Phi) is 7.59. The number of aliphatic carboxylic acids is 2. The van der Waals surface area contributed by atoms with Gasteiger partial charge < -0.3 is 34.6 Å². The maximum atomic E-state index is 12.6. The highest BCUT2D eigenvalue weighted by molar-refractivity contribution is 5.91. The minimum atomic E-state index is -3.17. The molecule has 2 heterocycles. The van der Waals surface area contributed by atoms with Gasteiger partial charge >= 0.3 is 17.9 Å². The number of carbonyl (C=O) groups is 3. The van der Waals surface area contributed by atoms with Crippen LogP contribution in [-0.4, -0.2) is 74.6 Å². The topological polar surface area (TPSA) is 160 Å². The molecule has 0 aromatic carbocycles. The van der Waals surface area contributed by atoms with E-state index >= 15 is 0 Å². The van der Waals surface area contributed by atoms with Crippen LogP contribution in [0.1, 0.15) is 91.9 Å². The van der Waals surface area contributed by atoms with Crippen molar-refractivity contribution in [1.29, 1.82) is 0 Å². The highest BCUT2D eigenvalue weighted by Gasteiger charge is 2.68. The molecule has 3 saturated carbocycles. The van der Waals surface area contributed by atoms with Crippen LogP contribution in [0, 0.1) is 46.3 Å². The number of allylic oxidation sites excluding steroid dienone is 1. The molecule has 4 N–H and O–H groups in total. The lowest BCUT2D eigenvalue weighted by Crippen LogP contribution is -2.55. The van der Waals surface area contributed by atoms with Gasteiger partial charge in [0.1, 0.15) is 6.10 Å². The Labute approximate surface area is 253 Å². The molecule has 0 bridgehead atoms.